The fourth-order valence-corrected chi connectivity index (χ4v) is 2.94. The standard InChI is InChI=1S/C16H7F8N5/c17-12(18)13-26-10-5-4-9(16(22,23)24)14(28(10)27-13)29-11-7(6-25-29)2-1-3-8(11)15(19,20)21/h1-6,12H. The average Bonchev–Trinajstić information content (AvgIpc) is 3.23. The minimum Gasteiger partial charge on any atom is -0.213 e. The molecule has 3 heterocycles. The number of fused-ring (bicyclic) bond motifs is 2. The Bertz CT molecular complexity index is 1220. The van der Waals surface area contributed by atoms with E-state index in [1.165, 1.54) is 6.07 Å². The molecule has 13 heteroatoms. The predicted octanol–water partition coefficient (Wildman–Crippen LogP) is 5.04. The third kappa shape index (κ3) is 3.06. The largest absolute Gasteiger partial charge is 0.420 e. The molecule has 0 unspecified atom stereocenters. The topological polar surface area (TPSA) is 48.0 Å². The number of hydrogen-bond acceptors (Lipinski definition) is 3. The molecule has 0 saturated carbocycles. The smallest absolute Gasteiger partial charge is 0.213 e. The summed E-state index contributed by atoms with van der Waals surface area (Å²) in [5, 5.41) is 6.92. The van der Waals surface area contributed by atoms with Crippen molar-refractivity contribution in [2.24, 2.45) is 0 Å². The fourth-order valence-electron chi connectivity index (χ4n) is 2.94. The van der Waals surface area contributed by atoms with Crippen LogP contribution in [0.5, 0.6) is 0 Å². The number of rotatable bonds is 2. The van der Waals surface area contributed by atoms with Crippen LogP contribution in [0.4, 0.5) is 35.1 Å². The molecule has 0 N–H and O–H groups in total. The summed E-state index contributed by atoms with van der Waals surface area (Å²) < 4.78 is 108. The summed E-state index contributed by atoms with van der Waals surface area (Å²) >= 11 is 0. The van der Waals surface area contributed by atoms with Crippen LogP contribution in [-0.2, 0) is 12.4 Å². The van der Waals surface area contributed by atoms with Gasteiger partial charge < -0.3 is 0 Å². The van der Waals surface area contributed by atoms with Gasteiger partial charge in [-0.1, -0.05) is 12.1 Å². The lowest BCUT2D eigenvalue weighted by Gasteiger charge is -2.16. The molecule has 0 bridgehead atoms. The minimum atomic E-state index is -5.04. The molecule has 5 nitrogen and oxygen atoms in total. The number of para-hydroxylation sites is 1. The predicted molar refractivity (Wildman–Crippen MR) is 82.6 cm³/mol. The Hall–Kier alpha value is -3.25. The highest BCUT2D eigenvalue weighted by atomic mass is 19.4. The molecule has 0 amide bonds. The third-order valence-corrected chi connectivity index (χ3v) is 4.09. The van der Waals surface area contributed by atoms with Gasteiger partial charge in [-0.05, 0) is 18.2 Å². The van der Waals surface area contributed by atoms with Crippen LogP contribution >= 0.6 is 0 Å². The molecular weight excluding hydrogens is 414 g/mol. The van der Waals surface area contributed by atoms with Crippen LogP contribution in [0.3, 0.4) is 0 Å². The molecular formula is C16H7F8N5. The van der Waals surface area contributed by atoms with E-state index in [1.54, 1.807) is 0 Å². The zero-order chi connectivity index (χ0) is 21.1. The summed E-state index contributed by atoms with van der Waals surface area (Å²) in [4.78, 5) is 3.43. The summed E-state index contributed by atoms with van der Waals surface area (Å²) in [6.45, 7) is 0. The molecule has 0 atom stereocenters. The Morgan fingerprint density at radius 2 is 1.55 bits per heavy atom. The second-order valence-corrected chi connectivity index (χ2v) is 5.91. The third-order valence-electron chi connectivity index (χ3n) is 4.09. The van der Waals surface area contributed by atoms with Gasteiger partial charge in [0.1, 0.15) is 5.56 Å². The van der Waals surface area contributed by atoms with Gasteiger partial charge in [0, 0.05) is 5.39 Å². The first-order valence-electron chi connectivity index (χ1n) is 7.78. The molecule has 4 aromatic rings. The Morgan fingerprint density at radius 1 is 0.862 bits per heavy atom. The summed E-state index contributed by atoms with van der Waals surface area (Å²) in [5.41, 5.74) is -3.74. The number of hydrogen-bond donors (Lipinski definition) is 0. The van der Waals surface area contributed by atoms with Crippen LogP contribution in [0.25, 0.3) is 22.4 Å². The second kappa shape index (κ2) is 6.12. The van der Waals surface area contributed by atoms with Gasteiger partial charge in [-0.2, -0.15) is 36.0 Å². The number of aromatic nitrogens is 5. The highest BCUT2D eigenvalue weighted by molar-refractivity contribution is 5.84. The van der Waals surface area contributed by atoms with Crippen molar-refractivity contribution in [3.8, 4) is 5.82 Å². The number of alkyl halides is 8. The maximum atomic E-state index is 13.6. The highest BCUT2D eigenvalue weighted by Crippen LogP contribution is 2.39. The first-order chi connectivity index (χ1) is 13.5. The molecule has 29 heavy (non-hydrogen) atoms. The van der Waals surface area contributed by atoms with Crippen molar-refractivity contribution < 1.29 is 35.1 Å². The van der Waals surface area contributed by atoms with E-state index >= 15 is 0 Å². The summed E-state index contributed by atoms with van der Waals surface area (Å²) in [7, 11) is 0. The molecule has 0 aliphatic rings. The monoisotopic (exact) mass is 421 g/mol. The minimum absolute atomic E-state index is 0.0980. The molecule has 0 saturated heterocycles. The molecule has 0 aliphatic heterocycles. The number of halogens is 8. The Morgan fingerprint density at radius 3 is 2.17 bits per heavy atom. The van der Waals surface area contributed by atoms with Crippen molar-refractivity contribution in [1.82, 2.24) is 24.4 Å². The van der Waals surface area contributed by atoms with Crippen molar-refractivity contribution in [1.29, 1.82) is 0 Å². The maximum absolute atomic E-state index is 13.6. The lowest BCUT2D eigenvalue weighted by molar-refractivity contribution is -0.137. The summed E-state index contributed by atoms with van der Waals surface area (Å²) in [6, 6.07) is 4.31. The van der Waals surface area contributed by atoms with E-state index in [9.17, 15) is 35.1 Å². The zero-order valence-corrected chi connectivity index (χ0v) is 13.8. The van der Waals surface area contributed by atoms with E-state index in [1.807, 2.05) is 0 Å². The van der Waals surface area contributed by atoms with Crippen LogP contribution in [-0.4, -0.2) is 24.4 Å². The van der Waals surface area contributed by atoms with E-state index in [0.717, 1.165) is 18.3 Å². The molecule has 0 fully saturated rings. The number of pyridine rings is 1. The number of nitrogens with zero attached hydrogens (tertiary/aromatic N) is 5. The molecule has 3 aromatic heterocycles. The van der Waals surface area contributed by atoms with Crippen molar-refractivity contribution >= 4 is 16.6 Å². The molecule has 0 aliphatic carbocycles. The van der Waals surface area contributed by atoms with Crippen LogP contribution in [0.1, 0.15) is 23.4 Å². The molecule has 0 radical (unpaired) electrons. The van der Waals surface area contributed by atoms with Crippen molar-refractivity contribution in [3.63, 3.8) is 0 Å². The van der Waals surface area contributed by atoms with Crippen molar-refractivity contribution in [3.05, 3.63) is 53.5 Å². The van der Waals surface area contributed by atoms with Crippen LogP contribution < -0.4 is 0 Å². The average molecular weight is 421 g/mol. The van der Waals surface area contributed by atoms with Gasteiger partial charge in [0.15, 0.2) is 11.5 Å². The van der Waals surface area contributed by atoms with Gasteiger partial charge in [-0.15, -0.1) is 5.10 Å². The SMILES string of the molecule is FC(F)c1nc2ccc(C(F)(F)F)c(-n3ncc4cccc(C(F)(F)F)c43)n2n1. The van der Waals surface area contributed by atoms with E-state index < -0.39 is 52.7 Å². The highest BCUT2D eigenvalue weighted by Gasteiger charge is 2.39. The fraction of sp³-hybridized carbons (Fsp3) is 0.188. The van der Waals surface area contributed by atoms with Crippen molar-refractivity contribution in [2.45, 2.75) is 18.8 Å². The van der Waals surface area contributed by atoms with E-state index in [0.29, 0.717) is 21.3 Å². The first kappa shape index (κ1) is 19.1. The van der Waals surface area contributed by atoms with Gasteiger partial charge >= 0.3 is 12.4 Å². The maximum Gasteiger partial charge on any atom is 0.420 e. The summed E-state index contributed by atoms with van der Waals surface area (Å²) in [5.74, 6) is -2.06. The summed E-state index contributed by atoms with van der Waals surface area (Å²) in [6.07, 6.45) is -12.2. The quantitative estimate of drug-likeness (QED) is 0.426. The van der Waals surface area contributed by atoms with Gasteiger partial charge in [0.25, 0.3) is 6.43 Å². The molecule has 1 aromatic carbocycles. The normalized spacial score (nSPS) is 13.1. The molecule has 4 rings (SSSR count). The van der Waals surface area contributed by atoms with E-state index in [4.69, 9.17) is 0 Å². The lowest BCUT2D eigenvalue weighted by Crippen LogP contribution is -2.17. The number of benzene rings is 1. The van der Waals surface area contributed by atoms with Crippen LogP contribution in [0.15, 0.2) is 36.5 Å². The van der Waals surface area contributed by atoms with Gasteiger partial charge in [0.05, 0.1) is 17.3 Å². The Balaban J connectivity index is 2.16. The van der Waals surface area contributed by atoms with Gasteiger partial charge in [0.2, 0.25) is 5.82 Å². The van der Waals surface area contributed by atoms with Crippen LogP contribution in [0, 0.1) is 0 Å². The molecule has 152 valence electrons. The lowest BCUT2D eigenvalue weighted by atomic mass is 10.1. The van der Waals surface area contributed by atoms with Gasteiger partial charge in [-0.3, -0.25) is 0 Å². The first-order valence-corrected chi connectivity index (χ1v) is 7.78. The molecule has 0 spiro atoms. The van der Waals surface area contributed by atoms with E-state index in [-0.39, 0.29) is 5.39 Å². The van der Waals surface area contributed by atoms with E-state index in [2.05, 4.69) is 15.2 Å². The zero-order valence-electron chi connectivity index (χ0n) is 13.8. The van der Waals surface area contributed by atoms with Crippen molar-refractivity contribution in [2.75, 3.05) is 0 Å². The Kier molecular flexibility index (Phi) is 4.03. The van der Waals surface area contributed by atoms with Gasteiger partial charge in [-0.25, -0.2) is 18.4 Å². The van der Waals surface area contributed by atoms with Crippen LogP contribution in [0.2, 0.25) is 0 Å². The Labute approximate surface area is 155 Å². The second-order valence-electron chi connectivity index (χ2n) is 5.91.